The largest absolute Gasteiger partial charge is 0.493 e. The Labute approximate surface area is 187 Å². The van der Waals surface area contributed by atoms with Crippen LogP contribution in [0.5, 0.6) is 17.2 Å². The molecule has 3 heterocycles. The van der Waals surface area contributed by atoms with E-state index < -0.39 is 0 Å². The van der Waals surface area contributed by atoms with E-state index in [4.69, 9.17) is 14.2 Å². The van der Waals surface area contributed by atoms with E-state index in [1.54, 1.807) is 30.4 Å². The number of carbonyl (C=O) groups is 2. The molecule has 0 atom stereocenters. The number of nitrogens with one attached hydrogen (secondary N) is 1. The number of likely N-dealkylation sites (tertiary alicyclic amines) is 1. The molecular weight excluding hydrogens is 410 g/mol. The van der Waals surface area contributed by atoms with Crippen molar-refractivity contribution in [1.82, 2.24) is 9.88 Å². The normalized spacial score (nSPS) is 16.1. The Hall–Kier alpha value is -3.55. The number of benzene rings is 1. The van der Waals surface area contributed by atoms with Crippen LogP contribution in [0.1, 0.15) is 24.0 Å². The summed E-state index contributed by atoms with van der Waals surface area (Å²) >= 11 is 0. The van der Waals surface area contributed by atoms with Crippen LogP contribution in [-0.4, -0.2) is 55.1 Å². The molecule has 32 heavy (non-hydrogen) atoms. The number of aromatic nitrogens is 1. The number of hydrogen-bond acceptors (Lipinski definition) is 6. The molecule has 0 saturated carbocycles. The quantitative estimate of drug-likeness (QED) is 0.723. The number of ether oxygens (including phenoxy) is 3. The molecule has 4 rings (SSSR count). The zero-order valence-corrected chi connectivity index (χ0v) is 18.3. The number of aryl methyl sites for hydroxylation is 1. The second-order valence-corrected chi connectivity index (χ2v) is 7.89. The van der Waals surface area contributed by atoms with Crippen molar-refractivity contribution in [2.24, 2.45) is 5.92 Å². The second kappa shape index (κ2) is 9.72. The zero-order chi connectivity index (χ0) is 22.5. The van der Waals surface area contributed by atoms with Gasteiger partial charge in [-0.3, -0.25) is 9.59 Å². The standard InChI is InChI=1S/C24H27N3O5/c1-16-5-8-25-21(13-16)26-24(29)18-6-9-27(10-7-18)22(28)4-3-17-14-19(30-2)23-20(15-17)31-11-12-32-23/h3-5,8,13-15,18H,6-7,9-12H2,1-2H3,(H,25,26,29). The molecule has 0 spiro atoms. The predicted molar refractivity (Wildman–Crippen MR) is 120 cm³/mol. The van der Waals surface area contributed by atoms with Gasteiger partial charge in [0.25, 0.3) is 0 Å². The highest BCUT2D eigenvalue weighted by molar-refractivity contribution is 5.93. The lowest BCUT2D eigenvalue weighted by atomic mass is 9.96. The Kier molecular flexibility index (Phi) is 6.58. The Morgan fingerprint density at radius 2 is 1.97 bits per heavy atom. The molecular formula is C24H27N3O5. The molecule has 2 aliphatic rings. The molecule has 0 radical (unpaired) electrons. The first-order chi connectivity index (χ1) is 15.5. The van der Waals surface area contributed by atoms with Crippen LogP contribution in [-0.2, 0) is 9.59 Å². The van der Waals surface area contributed by atoms with Gasteiger partial charge in [-0.1, -0.05) is 0 Å². The fourth-order valence-corrected chi connectivity index (χ4v) is 3.86. The van der Waals surface area contributed by atoms with Crippen LogP contribution in [0.3, 0.4) is 0 Å². The van der Waals surface area contributed by atoms with Gasteiger partial charge in [-0.2, -0.15) is 0 Å². The molecule has 2 aliphatic heterocycles. The van der Waals surface area contributed by atoms with Gasteiger partial charge in [0.05, 0.1) is 7.11 Å². The van der Waals surface area contributed by atoms with Gasteiger partial charge in [-0.25, -0.2) is 4.98 Å². The molecule has 2 aromatic rings. The Morgan fingerprint density at radius 1 is 1.19 bits per heavy atom. The van der Waals surface area contributed by atoms with Crippen molar-refractivity contribution in [3.63, 3.8) is 0 Å². The third-order valence-corrected chi connectivity index (χ3v) is 5.61. The van der Waals surface area contributed by atoms with Crippen molar-refractivity contribution in [2.75, 3.05) is 38.7 Å². The maximum atomic E-state index is 12.7. The lowest BCUT2D eigenvalue weighted by Gasteiger charge is -2.30. The number of pyridine rings is 1. The minimum Gasteiger partial charge on any atom is -0.493 e. The summed E-state index contributed by atoms with van der Waals surface area (Å²) in [5.74, 6) is 2.07. The summed E-state index contributed by atoms with van der Waals surface area (Å²) in [4.78, 5) is 31.1. The average molecular weight is 437 g/mol. The van der Waals surface area contributed by atoms with Crippen molar-refractivity contribution in [1.29, 1.82) is 0 Å². The number of fused-ring (bicyclic) bond motifs is 1. The first-order valence-electron chi connectivity index (χ1n) is 10.7. The molecule has 1 fully saturated rings. The van der Waals surface area contributed by atoms with E-state index in [0.717, 1.165) is 11.1 Å². The summed E-state index contributed by atoms with van der Waals surface area (Å²) in [6, 6.07) is 7.37. The number of rotatable bonds is 5. The Bertz CT molecular complexity index is 1010. The number of anilines is 1. The van der Waals surface area contributed by atoms with Crippen LogP contribution in [0.2, 0.25) is 0 Å². The van der Waals surface area contributed by atoms with E-state index in [2.05, 4.69) is 10.3 Å². The van der Waals surface area contributed by atoms with Gasteiger partial charge < -0.3 is 24.4 Å². The minimum atomic E-state index is -0.132. The Balaban J connectivity index is 1.33. The molecule has 1 N–H and O–H groups in total. The highest BCUT2D eigenvalue weighted by Crippen LogP contribution is 2.40. The van der Waals surface area contributed by atoms with Gasteiger partial charge in [0.1, 0.15) is 19.0 Å². The van der Waals surface area contributed by atoms with E-state index in [1.165, 1.54) is 0 Å². The first-order valence-corrected chi connectivity index (χ1v) is 10.7. The highest BCUT2D eigenvalue weighted by Gasteiger charge is 2.27. The van der Waals surface area contributed by atoms with Gasteiger partial charge in [-0.05, 0) is 61.2 Å². The number of nitrogens with zero attached hydrogens (tertiary/aromatic N) is 2. The summed E-state index contributed by atoms with van der Waals surface area (Å²) in [5, 5.41) is 2.88. The molecule has 168 valence electrons. The lowest BCUT2D eigenvalue weighted by molar-refractivity contribution is -0.130. The van der Waals surface area contributed by atoms with Crippen LogP contribution in [0.25, 0.3) is 6.08 Å². The van der Waals surface area contributed by atoms with E-state index >= 15 is 0 Å². The summed E-state index contributed by atoms with van der Waals surface area (Å²) in [6.07, 6.45) is 6.20. The smallest absolute Gasteiger partial charge is 0.246 e. The van der Waals surface area contributed by atoms with Crippen LogP contribution < -0.4 is 19.5 Å². The Morgan fingerprint density at radius 3 is 2.72 bits per heavy atom. The number of carbonyl (C=O) groups excluding carboxylic acids is 2. The number of piperidine rings is 1. The molecule has 1 saturated heterocycles. The minimum absolute atomic E-state index is 0.0471. The molecule has 2 amide bonds. The van der Waals surface area contributed by atoms with Gasteiger partial charge in [0.2, 0.25) is 17.6 Å². The molecule has 1 aromatic heterocycles. The fourth-order valence-electron chi connectivity index (χ4n) is 3.86. The van der Waals surface area contributed by atoms with Crippen LogP contribution in [0.4, 0.5) is 5.82 Å². The topological polar surface area (TPSA) is 90.0 Å². The summed E-state index contributed by atoms with van der Waals surface area (Å²) in [5.41, 5.74) is 1.83. The molecule has 8 heteroatoms. The molecule has 0 unspecified atom stereocenters. The van der Waals surface area contributed by atoms with Gasteiger partial charge in [-0.15, -0.1) is 0 Å². The highest BCUT2D eigenvalue weighted by atomic mass is 16.6. The van der Waals surface area contributed by atoms with Crippen molar-refractivity contribution in [2.45, 2.75) is 19.8 Å². The molecule has 0 bridgehead atoms. The van der Waals surface area contributed by atoms with Crippen molar-refractivity contribution in [3.05, 3.63) is 47.7 Å². The van der Waals surface area contributed by atoms with E-state index in [0.29, 0.717) is 62.2 Å². The molecule has 1 aromatic carbocycles. The van der Waals surface area contributed by atoms with Crippen molar-refractivity contribution in [3.8, 4) is 17.2 Å². The number of methoxy groups -OCH3 is 1. The monoisotopic (exact) mass is 437 g/mol. The van der Waals surface area contributed by atoms with E-state index in [-0.39, 0.29) is 17.7 Å². The second-order valence-electron chi connectivity index (χ2n) is 7.89. The third kappa shape index (κ3) is 5.01. The van der Waals surface area contributed by atoms with Crippen molar-refractivity contribution < 1.29 is 23.8 Å². The van der Waals surface area contributed by atoms with Gasteiger partial charge in [0, 0.05) is 31.3 Å². The van der Waals surface area contributed by atoms with Crippen LogP contribution in [0.15, 0.2) is 36.5 Å². The predicted octanol–water partition coefficient (Wildman–Crippen LogP) is 3.06. The van der Waals surface area contributed by atoms with Gasteiger partial charge >= 0.3 is 0 Å². The van der Waals surface area contributed by atoms with E-state index in [1.807, 2.05) is 31.2 Å². The number of hydrogen-bond donors (Lipinski definition) is 1. The third-order valence-electron chi connectivity index (χ3n) is 5.61. The summed E-state index contributed by atoms with van der Waals surface area (Å²) < 4.78 is 16.6. The maximum absolute atomic E-state index is 12.7. The van der Waals surface area contributed by atoms with Crippen molar-refractivity contribution >= 4 is 23.7 Å². The van der Waals surface area contributed by atoms with Gasteiger partial charge in [0.15, 0.2) is 11.5 Å². The maximum Gasteiger partial charge on any atom is 0.246 e. The SMILES string of the molecule is COc1cc(C=CC(=O)N2CCC(C(=O)Nc3cc(C)ccn3)CC2)cc2c1OCCO2. The number of amides is 2. The van der Waals surface area contributed by atoms with Crippen LogP contribution in [0, 0.1) is 12.8 Å². The lowest BCUT2D eigenvalue weighted by Crippen LogP contribution is -2.40. The zero-order valence-electron chi connectivity index (χ0n) is 18.3. The van der Waals surface area contributed by atoms with Crippen LogP contribution >= 0.6 is 0 Å². The summed E-state index contributed by atoms with van der Waals surface area (Å²) in [6.45, 7) is 3.98. The first kappa shape index (κ1) is 21.7. The molecule has 8 nitrogen and oxygen atoms in total. The fraction of sp³-hybridized carbons (Fsp3) is 0.375. The van der Waals surface area contributed by atoms with E-state index in [9.17, 15) is 9.59 Å². The summed E-state index contributed by atoms with van der Waals surface area (Å²) in [7, 11) is 1.57. The molecule has 0 aliphatic carbocycles. The average Bonchev–Trinajstić information content (AvgIpc) is 2.82.